The number of rotatable bonds is 4. The summed E-state index contributed by atoms with van der Waals surface area (Å²) in [6.45, 7) is 4.36. The highest BCUT2D eigenvalue weighted by Crippen LogP contribution is 2.23. The van der Waals surface area contributed by atoms with Crippen LogP contribution in [0, 0.1) is 0 Å². The van der Waals surface area contributed by atoms with Gasteiger partial charge in [0.15, 0.2) is 0 Å². The maximum absolute atomic E-state index is 12.1. The number of likely N-dealkylation sites (tertiary alicyclic amines) is 1. The molecule has 1 fully saturated rings. The molecule has 0 aliphatic carbocycles. The Kier molecular flexibility index (Phi) is 4.84. The number of carbonyl (C=O) groups excluding carboxylic acids is 1. The van der Waals surface area contributed by atoms with Gasteiger partial charge in [-0.15, -0.1) is 0 Å². The van der Waals surface area contributed by atoms with Crippen LogP contribution in [0.5, 0.6) is 5.75 Å². The summed E-state index contributed by atoms with van der Waals surface area (Å²) < 4.78 is 10.9. The summed E-state index contributed by atoms with van der Waals surface area (Å²) in [5, 5.41) is 0. The number of carbonyl (C=O) groups is 1. The van der Waals surface area contributed by atoms with E-state index in [1.807, 2.05) is 6.92 Å². The minimum atomic E-state index is -0.311. The molecule has 2 rings (SSSR count). The van der Waals surface area contributed by atoms with Crippen LogP contribution in [0.3, 0.4) is 0 Å². The van der Waals surface area contributed by atoms with Crippen LogP contribution in [0.2, 0.25) is 0 Å². The molecule has 5 heteroatoms. The minimum Gasteiger partial charge on any atom is -0.492 e. The Morgan fingerprint density at radius 1 is 1.40 bits per heavy atom. The van der Waals surface area contributed by atoms with E-state index >= 15 is 0 Å². The third-order valence-corrected chi connectivity index (χ3v) is 3.48. The van der Waals surface area contributed by atoms with Gasteiger partial charge in [0.25, 0.3) is 0 Å². The van der Waals surface area contributed by atoms with E-state index in [-0.39, 0.29) is 12.1 Å². The normalized spacial score (nSPS) is 16.9. The van der Waals surface area contributed by atoms with Gasteiger partial charge in [0.05, 0.1) is 17.9 Å². The number of nitrogens with two attached hydrogens (primary N) is 1. The quantitative estimate of drug-likeness (QED) is 0.673. The first-order valence-electron chi connectivity index (χ1n) is 7.02. The fourth-order valence-corrected chi connectivity index (χ4v) is 2.28. The number of hydrogen-bond acceptors (Lipinski definition) is 5. The Balaban J connectivity index is 1.97. The van der Waals surface area contributed by atoms with Gasteiger partial charge in [-0.3, -0.25) is 0 Å². The van der Waals surface area contributed by atoms with Gasteiger partial charge in [-0.05, 0) is 45.0 Å². The zero-order chi connectivity index (χ0) is 14.5. The van der Waals surface area contributed by atoms with E-state index in [1.165, 1.54) is 0 Å². The summed E-state index contributed by atoms with van der Waals surface area (Å²) in [6, 6.07) is 5.02. The van der Waals surface area contributed by atoms with Gasteiger partial charge in [0, 0.05) is 13.1 Å². The lowest BCUT2D eigenvalue weighted by Gasteiger charge is -2.28. The number of esters is 1. The molecule has 1 aliphatic rings. The van der Waals surface area contributed by atoms with Crippen molar-refractivity contribution in [2.75, 3.05) is 32.5 Å². The average Bonchev–Trinajstić information content (AvgIpc) is 2.44. The summed E-state index contributed by atoms with van der Waals surface area (Å²) in [5.74, 6) is 0.289. The molecule has 0 atom stereocenters. The Bertz CT molecular complexity index is 468. The fraction of sp³-hybridized carbons (Fsp3) is 0.533. The Hall–Kier alpha value is -1.75. The number of anilines is 1. The molecule has 1 aromatic rings. The molecule has 1 saturated heterocycles. The minimum absolute atomic E-state index is 0.00601. The molecular weight excluding hydrogens is 256 g/mol. The van der Waals surface area contributed by atoms with E-state index in [0.29, 0.717) is 23.6 Å². The monoisotopic (exact) mass is 278 g/mol. The van der Waals surface area contributed by atoms with Crippen LogP contribution < -0.4 is 10.5 Å². The summed E-state index contributed by atoms with van der Waals surface area (Å²) in [7, 11) is 2.07. The van der Waals surface area contributed by atoms with Crippen LogP contribution >= 0.6 is 0 Å². The Labute approximate surface area is 119 Å². The lowest BCUT2D eigenvalue weighted by molar-refractivity contribution is 0.0139. The molecule has 0 radical (unpaired) electrons. The van der Waals surface area contributed by atoms with Crippen molar-refractivity contribution >= 4 is 11.7 Å². The highest BCUT2D eigenvalue weighted by atomic mass is 16.5. The Morgan fingerprint density at radius 2 is 2.10 bits per heavy atom. The van der Waals surface area contributed by atoms with Gasteiger partial charge in [-0.25, -0.2) is 4.79 Å². The molecule has 0 spiro atoms. The van der Waals surface area contributed by atoms with E-state index in [1.54, 1.807) is 18.2 Å². The summed E-state index contributed by atoms with van der Waals surface area (Å²) >= 11 is 0. The predicted octanol–water partition coefficient (Wildman–Crippen LogP) is 1.92. The molecule has 0 unspecified atom stereocenters. The molecule has 0 saturated carbocycles. The topological polar surface area (TPSA) is 64.8 Å². The predicted molar refractivity (Wildman–Crippen MR) is 78.0 cm³/mol. The number of nitrogens with zero attached hydrogens (tertiary/aromatic N) is 1. The van der Waals surface area contributed by atoms with Crippen molar-refractivity contribution in [3.8, 4) is 5.75 Å². The van der Waals surface area contributed by atoms with Crippen LogP contribution in [0.15, 0.2) is 18.2 Å². The van der Waals surface area contributed by atoms with Gasteiger partial charge in [0.2, 0.25) is 0 Å². The zero-order valence-corrected chi connectivity index (χ0v) is 12.1. The van der Waals surface area contributed by atoms with E-state index < -0.39 is 0 Å². The average molecular weight is 278 g/mol. The Morgan fingerprint density at radius 3 is 2.70 bits per heavy atom. The van der Waals surface area contributed by atoms with E-state index in [0.717, 1.165) is 25.9 Å². The van der Waals surface area contributed by atoms with Crippen molar-refractivity contribution < 1.29 is 14.3 Å². The SMILES string of the molecule is CCOc1ccc(C(=O)OC2CCN(C)CC2)cc1N. The molecule has 110 valence electrons. The summed E-state index contributed by atoms with van der Waals surface area (Å²) in [5.41, 5.74) is 6.80. The van der Waals surface area contributed by atoms with Crippen molar-refractivity contribution in [3.05, 3.63) is 23.8 Å². The van der Waals surface area contributed by atoms with Gasteiger partial charge >= 0.3 is 5.97 Å². The third-order valence-electron chi connectivity index (χ3n) is 3.48. The maximum Gasteiger partial charge on any atom is 0.338 e. The van der Waals surface area contributed by atoms with Crippen LogP contribution in [-0.2, 0) is 4.74 Å². The first-order chi connectivity index (χ1) is 9.60. The van der Waals surface area contributed by atoms with Crippen molar-refractivity contribution in [1.29, 1.82) is 0 Å². The molecular formula is C15H22N2O3. The molecule has 1 aliphatic heterocycles. The maximum atomic E-state index is 12.1. The lowest BCUT2D eigenvalue weighted by atomic mass is 10.1. The van der Waals surface area contributed by atoms with Crippen molar-refractivity contribution in [1.82, 2.24) is 4.90 Å². The molecule has 2 N–H and O–H groups in total. The fourth-order valence-electron chi connectivity index (χ4n) is 2.28. The standard InChI is InChI=1S/C15H22N2O3/c1-3-19-14-5-4-11(10-13(14)16)15(18)20-12-6-8-17(2)9-7-12/h4-5,10,12H,3,6-9,16H2,1-2H3. The van der Waals surface area contributed by atoms with Crippen LogP contribution in [0.4, 0.5) is 5.69 Å². The summed E-state index contributed by atoms with van der Waals surface area (Å²) in [6.07, 6.45) is 1.77. The zero-order valence-electron chi connectivity index (χ0n) is 12.1. The van der Waals surface area contributed by atoms with Crippen molar-refractivity contribution in [2.24, 2.45) is 0 Å². The van der Waals surface area contributed by atoms with Crippen LogP contribution in [0.1, 0.15) is 30.1 Å². The number of nitrogen functional groups attached to an aromatic ring is 1. The third kappa shape index (κ3) is 3.63. The van der Waals surface area contributed by atoms with Crippen LogP contribution in [0.25, 0.3) is 0 Å². The second-order valence-corrected chi connectivity index (χ2v) is 5.09. The molecule has 1 aromatic carbocycles. The van der Waals surface area contributed by atoms with Crippen molar-refractivity contribution in [3.63, 3.8) is 0 Å². The van der Waals surface area contributed by atoms with E-state index in [4.69, 9.17) is 15.2 Å². The van der Waals surface area contributed by atoms with Crippen LogP contribution in [-0.4, -0.2) is 43.7 Å². The second-order valence-electron chi connectivity index (χ2n) is 5.09. The second kappa shape index (κ2) is 6.61. The van der Waals surface area contributed by atoms with Crippen molar-refractivity contribution in [2.45, 2.75) is 25.9 Å². The number of piperidine rings is 1. The highest BCUT2D eigenvalue weighted by molar-refractivity contribution is 5.91. The first kappa shape index (κ1) is 14.7. The van der Waals surface area contributed by atoms with E-state index in [9.17, 15) is 4.79 Å². The number of benzene rings is 1. The molecule has 0 bridgehead atoms. The lowest BCUT2D eigenvalue weighted by Crippen LogP contribution is -2.35. The highest BCUT2D eigenvalue weighted by Gasteiger charge is 2.21. The first-order valence-corrected chi connectivity index (χ1v) is 7.02. The van der Waals surface area contributed by atoms with Gasteiger partial charge in [0.1, 0.15) is 11.9 Å². The molecule has 5 nitrogen and oxygen atoms in total. The molecule has 0 aromatic heterocycles. The number of hydrogen-bond donors (Lipinski definition) is 1. The van der Waals surface area contributed by atoms with Gasteiger partial charge in [-0.2, -0.15) is 0 Å². The van der Waals surface area contributed by atoms with Gasteiger partial charge < -0.3 is 20.1 Å². The van der Waals surface area contributed by atoms with E-state index in [2.05, 4.69) is 11.9 Å². The molecule has 1 heterocycles. The molecule has 20 heavy (non-hydrogen) atoms. The smallest absolute Gasteiger partial charge is 0.338 e. The number of ether oxygens (including phenoxy) is 2. The summed E-state index contributed by atoms with van der Waals surface area (Å²) in [4.78, 5) is 14.3. The largest absolute Gasteiger partial charge is 0.492 e. The molecule has 0 amide bonds. The van der Waals surface area contributed by atoms with Gasteiger partial charge in [-0.1, -0.05) is 0 Å².